The molecule has 8 rings (SSSR count). The number of phenolic OH excluding ortho intramolecular Hbond substituents is 1. The molecule has 0 bridgehead atoms. The van der Waals surface area contributed by atoms with Crippen molar-refractivity contribution in [2.24, 2.45) is 0 Å². The minimum atomic E-state index is -0.827. The number of phenols is 1. The van der Waals surface area contributed by atoms with E-state index in [1.54, 1.807) is 0 Å². The Labute approximate surface area is 410 Å². The van der Waals surface area contributed by atoms with Gasteiger partial charge in [-0.15, -0.1) is 29.3 Å². The van der Waals surface area contributed by atoms with Crippen molar-refractivity contribution in [1.82, 2.24) is 14.5 Å². The van der Waals surface area contributed by atoms with E-state index >= 15 is 0 Å². The van der Waals surface area contributed by atoms with Gasteiger partial charge in [0.25, 0.3) is 0 Å². The third kappa shape index (κ3) is 9.63. The van der Waals surface area contributed by atoms with E-state index in [-0.39, 0.29) is 48.5 Å². The topological polar surface area (TPSA) is 50.9 Å². The summed E-state index contributed by atoms with van der Waals surface area (Å²) in [4.78, 5) is 10.6. The monoisotopic (exact) mass is 1050 g/mol. The zero-order valence-corrected chi connectivity index (χ0v) is 43.6. The standard InChI is InChI=1S/C61H66N3O.Pt/c1-38(2)41-25-28-53(49(34-41)40-19-16-15-17-20-40)64-54-22-18-21-48(55(54)63-57(64)50-36-47(60(9,10)11)37-51(56(50)65)61(12,13)14)43-31-44(33-46(32-43)59(6,7)8)52-35-42(29-30-62-52)39-23-26-45(27-24-39)58(3,4)5;/h15-30,32-38,65H,1-14H3;/q-1;/i38D;. The van der Waals surface area contributed by atoms with Crippen molar-refractivity contribution >= 4 is 11.0 Å². The molecule has 0 saturated heterocycles. The predicted molar refractivity (Wildman–Crippen MR) is 275 cm³/mol. The van der Waals surface area contributed by atoms with Gasteiger partial charge in [-0.1, -0.05) is 193 Å². The summed E-state index contributed by atoms with van der Waals surface area (Å²) in [6, 6.07) is 48.8. The Morgan fingerprint density at radius 1 is 0.561 bits per heavy atom. The molecule has 4 nitrogen and oxygen atoms in total. The van der Waals surface area contributed by atoms with E-state index in [1.807, 2.05) is 26.1 Å². The first kappa shape index (κ1) is 46.9. The van der Waals surface area contributed by atoms with E-state index in [0.717, 1.165) is 83.6 Å². The summed E-state index contributed by atoms with van der Waals surface area (Å²) >= 11 is 0. The number of hydrogen-bond acceptors (Lipinski definition) is 3. The van der Waals surface area contributed by atoms with Crippen molar-refractivity contribution in [2.75, 3.05) is 0 Å². The minimum Gasteiger partial charge on any atom is -0.507 e. The van der Waals surface area contributed by atoms with Gasteiger partial charge in [-0.25, -0.2) is 4.98 Å². The van der Waals surface area contributed by atoms with Crippen molar-refractivity contribution < 1.29 is 27.5 Å². The molecule has 0 aliphatic heterocycles. The summed E-state index contributed by atoms with van der Waals surface area (Å²) in [6.45, 7) is 30.4. The largest absolute Gasteiger partial charge is 0.507 e. The van der Waals surface area contributed by atoms with Crippen LogP contribution >= 0.6 is 0 Å². The van der Waals surface area contributed by atoms with Crippen LogP contribution in [0.1, 0.15) is 132 Å². The van der Waals surface area contributed by atoms with E-state index in [1.165, 1.54) is 5.56 Å². The first-order chi connectivity index (χ1) is 30.8. The zero-order chi connectivity index (χ0) is 47.7. The van der Waals surface area contributed by atoms with Gasteiger partial charge in [0.2, 0.25) is 0 Å². The number of fused-ring (bicyclic) bond motifs is 1. The van der Waals surface area contributed by atoms with E-state index in [2.05, 4.69) is 215 Å². The van der Waals surface area contributed by atoms with E-state index < -0.39 is 5.89 Å². The van der Waals surface area contributed by atoms with Gasteiger partial charge in [0.1, 0.15) is 11.6 Å². The Kier molecular flexibility index (Phi) is 12.7. The van der Waals surface area contributed by atoms with Crippen LogP contribution in [-0.2, 0) is 42.7 Å². The van der Waals surface area contributed by atoms with Gasteiger partial charge in [-0.3, -0.25) is 9.55 Å². The van der Waals surface area contributed by atoms with E-state index in [9.17, 15) is 5.11 Å². The zero-order valence-electron chi connectivity index (χ0n) is 42.3. The molecule has 1 N–H and O–H groups in total. The first-order valence-electron chi connectivity index (χ1n) is 23.5. The molecule has 8 aromatic rings. The Bertz CT molecular complexity index is 3090. The SMILES string of the molecule is [2H]C(C)(C)c1ccc(-n2c(-c3cc(C(C)(C)C)cc(C(C)(C)C)c3O)nc3c(-c4[c-]c(-c5cc(-c6ccc(C(C)(C)C)cc6)ccn5)cc(C(C)(C)C)c4)cccc32)c(-c2ccccc2)c1.[Pt]. The fourth-order valence-electron chi connectivity index (χ4n) is 8.65. The Morgan fingerprint density at radius 2 is 1.20 bits per heavy atom. The molecule has 0 aliphatic carbocycles. The molecule has 0 unspecified atom stereocenters. The molecule has 2 heterocycles. The number of para-hydroxylation sites is 1. The molecule has 6 aromatic carbocycles. The fourth-order valence-corrected chi connectivity index (χ4v) is 8.65. The van der Waals surface area contributed by atoms with Crippen LogP contribution in [-0.4, -0.2) is 19.6 Å². The first-order valence-corrected chi connectivity index (χ1v) is 23.0. The van der Waals surface area contributed by atoms with Crippen LogP contribution < -0.4 is 0 Å². The van der Waals surface area contributed by atoms with Gasteiger partial charge in [-0.05, 0) is 91.3 Å². The molecule has 0 radical (unpaired) electrons. The van der Waals surface area contributed by atoms with Crippen molar-refractivity contribution in [3.63, 3.8) is 0 Å². The van der Waals surface area contributed by atoms with Crippen LogP contribution in [0.3, 0.4) is 0 Å². The number of rotatable bonds is 7. The molecule has 5 heteroatoms. The number of benzene rings is 6. The summed E-state index contributed by atoms with van der Waals surface area (Å²) in [5, 5.41) is 12.5. The maximum absolute atomic E-state index is 12.5. The molecule has 0 spiro atoms. The summed E-state index contributed by atoms with van der Waals surface area (Å²) < 4.78 is 11.3. The molecule has 0 aliphatic rings. The number of aromatic hydroxyl groups is 1. The van der Waals surface area contributed by atoms with Crippen LogP contribution in [0.4, 0.5) is 0 Å². The summed E-state index contributed by atoms with van der Waals surface area (Å²) in [5.41, 5.74) is 15.8. The molecule has 342 valence electrons. The molecular weight excluding hydrogens is 986 g/mol. The number of hydrogen-bond donors (Lipinski definition) is 1. The van der Waals surface area contributed by atoms with Gasteiger partial charge in [0.05, 0.1) is 22.3 Å². The Morgan fingerprint density at radius 3 is 1.82 bits per heavy atom. The van der Waals surface area contributed by atoms with Crippen molar-refractivity contribution in [2.45, 2.75) is 124 Å². The average Bonchev–Trinajstić information content (AvgIpc) is 3.64. The number of nitrogens with zero attached hydrogens (tertiary/aromatic N) is 3. The van der Waals surface area contributed by atoms with Gasteiger partial charge in [-0.2, -0.15) is 0 Å². The molecule has 2 aromatic heterocycles. The Balaban J connectivity index is 0.00000666. The summed E-state index contributed by atoms with van der Waals surface area (Å²) in [6.07, 6.45) is 1.90. The summed E-state index contributed by atoms with van der Waals surface area (Å²) in [5.74, 6) is 0.0365. The molecule has 0 fully saturated rings. The van der Waals surface area contributed by atoms with E-state index in [0.29, 0.717) is 11.4 Å². The molecule has 66 heavy (non-hydrogen) atoms. The van der Waals surface area contributed by atoms with Crippen LogP contribution in [0.5, 0.6) is 5.75 Å². The van der Waals surface area contributed by atoms with Gasteiger partial charge in [0, 0.05) is 45.5 Å². The third-order valence-corrected chi connectivity index (χ3v) is 12.8. The molecule has 0 atom stereocenters. The number of imidazole rings is 1. The fraction of sp³-hybridized carbons (Fsp3) is 0.311. The average molecular weight is 1050 g/mol. The van der Waals surface area contributed by atoms with Crippen LogP contribution in [0.15, 0.2) is 134 Å². The third-order valence-electron chi connectivity index (χ3n) is 12.8. The summed E-state index contributed by atoms with van der Waals surface area (Å²) in [7, 11) is 0. The smallest absolute Gasteiger partial charge is 0.148 e. The second-order valence-electron chi connectivity index (χ2n) is 22.2. The number of aromatic nitrogens is 3. The normalized spacial score (nSPS) is 12.8. The van der Waals surface area contributed by atoms with Gasteiger partial charge in [0.15, 0.2) is 0 Å². The maximum Gasteiger partial charge on any atom is 0.148 e. The maximum atomic E-state index is 12.5. The molecular formula is C61H66N3OPt-. The van der Waals surface area contributed by atoms with Crippen molar-refractivity contribution in [3.8, 4) is 67.5 Å². The van der Waals surface area contributed by atoms with Crippen LogP contribution in [0.25, 0.3) is 72.7 Å². The van der Waals surface area contributed by atoms with Crippen LogP contribution in [0, 0.1) is 6.07 Å². The van der Waals surface area contributed by atoms with Crippen LogP contribution in [0.2, 0.25) is 0 Å². The quantitative estimate of drug-likeness (QED) is 0.162. The van der Waals surface area contributed by atoms with Gasteiger partial charge >= 0.3 is 0 Å². The van der Waals surface area contributed by atoms with E-state index in [4.69, 9.17) is 11.3 Å². The number of pyridine rings is 1. The van der Waals surface area contributed by atoms with Crippen molar-refractivity contribution in [1.29, 1.82) is 0 Å². The second kappa shape index (κ2) is 17.9. The predicted octanol–water partition coefficient (Wildman–Crippen LogP) is 16.6. The molecule has 0 amide bonds. The van der Waals surface area contributed by atoms with Crippen molar-refractivity contribution in [3.05, 3.63) is 167 Å². The Hall–Kier alpha value is -5.57. The second-order valence-corrected chi connectivity index (χ2v) is 22.2. The minimum absolute atomic E-state index is 0. The molecule has 0 saturated carbocycles. The van der Waals surface area contributed by atoms with Gasteiger partial charge < -0.3 is 5.11 Å².